The van der Waals surface area contributed by atoms with Crippen LogP contribution in [0.5, 0.6) is 0 Å². The second-order valence-electron chi connectivity index (χ2n) is 4.80. The minimum atomic E-state index is -0.173. The van der Waals surface area contributed by atoms with Gasteiger partial charge in [0, 0.05) is 15.3 Å². The van der Waals surface area contributed by atoms with Crippen LogP contribution in [0.25, 0.3) is 0 Å². The van der Waals surface area contributed by atoms with Gasteiger partial charge in [-0.2, -0.15) is 0 Å². The number of fused-ring (bicyclic) bond motifs is 1. The zero-order valence-corrected chi connectivity index (χ0v) is 14.1. The van der Waals surface area contributed by atoms with Gasteiger partial charge < -0.3 is 0 Å². The van der Waals surface area contributed by atoms with E-state index in [4.69, 9.17) is 34.8 Å². The van der Waals surface area contributed by atoms with Crippen molar-refractivity contribution < 1.29 is 0 Å². The van der Waals surface area contributed by atoms with Crippen molar-refractivity contribution >= 4 is 57.5 Å². The van der Waals surface area contributed by atoms with Crippen LogP contribution in [0.1, 0.15) is 45.5 Å². The van der Waals surface area contributed by atoms with Gasteiger partial charge in [-0.15, -0.1) is 34.3 Å². The van der Waals surface area contributed by atoms with E-state index in [1.807, 2.05) is 17.4 Å². The summed E-state index contributed by atoms with van der Waals surface area (Å²) in [5.74, 6) is 0. The van der Waals surface area contributed by atoms with Gasteiger partial charge in [-0.1, -0.05) is 29.6 Å². The molecule has 0 amide bonds. The average Bonchev–Trinajstić information content (AvgIpc) is 2.85. The van der Waals surface area contributed by atoms with E-state index in [2.05, 4.69) is 6.07 Å². The molecule has 1 aliphatic rings. The first-order valence-corrected chi connectivity index (χ1v) is 9.18. The van der Waals surface area contributed by atoms with E-state index in [0.29, 0.717) is 8.67 Å². The Morgan fingerprint density at radius 3 is 2.53 bits per heavy atom. The maximum Gasteiger partial charge on any atom is 0.0994 e. The predicted octanol–water partition coefficient (Wildman–Crippen LogP) is 6.71. The van der Waals surface area contributed by atoms with Crippen LogP contribution in [-0.2, 0) is 12.8 Å². The molecule has 0 fully saturated rings. The van der Waals surface area contributed by atoms with Crippen molar-refractivity contribution in [1.29, 1.82) is 0 Å². The highest BCUT2D eigenvalue weighted by Gasteiger charge is 2.21. The lowest BCUT2D eigenvalue weighted by Gasteiger charge is -2.05. The van der Waals surface area contributed by atoms with E-state index in [1.165, 1.54) is 58.8 Å². The highest BCUT2D eigenvalue weighted by molar-refractivity contribution is 7.20. The Morgan fingerprint density at radius 2 is 1.79 bits per heavy atom. The SMILES string of the molecule is Clc1cc(C(Cl)c2cc3c(s2)CCCCC3)c(Cl)s1. The largest absolute Gasteiger partial charge is 0.143 e. The molecule has 2 aromatic rings. The van der Waals surface area contributed by atoms with Crippen LogP contribution in [0.2, 0.25) is 8.67 Å². The van der Waals surface area contributed by atoms with E-state index in [-0.39, 0.29) is 5.38 Å². The minimum absolute atomic E-state index is 0.173. The Kier molecular flexibility index (Phi) is 4.45. The molecular formula is C14H13Cl3S2. The number of rotatable bonds is 2. The van der Waals surface area contributed by atoms with E-state index in [9.17, 15) is 0 Å². The first-order valence-electron chi connectivity index (χ1n) is 6.35. The van der Waals surface area contributed by atoms with E-state index in [1.54, 1.807) is 0 Å². The molecule has 102 valence electrons. The molecule has 0 aromatic carbocycles. The summed E-state index contributed by atoms with van der Waals surface area (Å²) in [5, 5.41) is -0.173. The number of hydrogen-bond acceptors (Lipinski definition) is 2. The predicted molar refractivity (Wildman–Crippen MR) is 87.6 cm³/mol. The molecule has 2 heterocycles. The summed E-state index contributed by atoms with van der Waals surface area (Å²) in [5.41, 5.74) is 2.43. The Morgan fingerprint density at radius 1 is 1.00 bits per heavy atom. The van der Waals surface area contributed by atoms with E-state index >= 15 is 0 Å². The lowest BCUT2D eigenvalue weighted by Crippen LogP contribution is -1.88. The maximum absolute atomic E-state index is 6.58. The molecule has 0 radical (unpaired) electrons. The second kappa shape index (κ2) is 5.95. The summed E-state index contributed by atoms with van der Waals surface area (Å²) in [6.07, 6.45) is 6.31. The van der Waals surface area contributed by atoms with Gasteiger partial charge in [0.25, 0.3) is 0 Å². The Labute approximate surface area is 136 Å². The second-order valence-corrected chi connectivity index (χ2v) is 8.69. The number of alkyl halides is 1. The van der Waals surface area contributed by atoms with Gasteiger partial charge in [0.2, 0.25) is 0 Å². The highest BCUT2D eigenvalue weighted by Crippen LogP contribution is 2.43. The quantitative estimate of drug-likeness (QED) is 0.416. The van der Waals surface area contributed by atoms with E-state index in [0.717, 1.165) is 5.56 Å². The third kappa shape index (κ3) is 2.98. The number of thiophene rings is 2. The van der Waals surface area contributed by atoms with Crippen molar-refractivity contribution in [2.75, 3.05) is 0 Å². The van der Waals surface area contributed by atoms with Crippen molar-refractivity contribution in [3.8, 4) is 0 Å². The van der Waals surface area contributed by atoms with Crippen molar-refractivity contribution in [2.24, 2.45) is 0 Å². The molecule has 2 aromatic heterocycles. The molecular weight excluding hydrogens is 339 g/mol. The third-order valence-electron chi connectivity index (χ3n) is 3.47. The van der Waals surface area contributed by atoms with Crippen LogP contribution in [0.15, 0.2) is 12.1 Å². The van der Waals surface area contributed by atoms with Gasteiger partial charge in [-0.25, -0.2) is 0 Å². The van der Waals surface area contributed by atoms with Crippen LogP contribution in [0.3, 0.4) is 0 Å². The third-order valence-corrected chi connectivity index (χ3v) is 6.89. The standard InChI is InChI=1S/C14H13Cl3S2/c15-12-7-9(14(17)19-12)13(16)11-6-8-4-2-1-3-5-10(8)18-11/h6-7,13H,1-5H2. The lowest BCUT2D eigenvalue weighted by atomic mass is 10.1. The summed E-state index contributed by atoms with van der Waals surface area (Å²) in [4.78, 5) is 2.71. The summed E-state index contributed by atoms with van der Waals surface area (Å²) in [6.45, 7) is 0. The van der Waals surface area contributed by atoms with Crippen LogP contribution < -0.4 is 0 Å². The Balaban J connectivity index is 1.92. The molecule has 5 heteroatoms. The monoisotopic (exact) mass is 350 g/mol. The number of hydrogen-bond donors (Lipinski definition) is 0. The Bertz CT molecular complexity index is 562. The van der Waals surface area contributed by atoms with Gasteiger partial charge in [-0.3, -0.25) is 0 Å². The molecule has 0 aliphatic heterocycles. The molecule has 0 saturated heterocycles. The van der Waals surface area contributed by atoms with Gasteiger partial charge in [0.1, 0.15) is 0 Å². The van der Waals surface area contributed by atoms with E-state index < -0.39 is 0 Å². The molecule has 0 saturated carbocycles. The first kappa shape index (κ1) is 14.2. The van der Waals surface area contributed by atoms with Crippen LogP contribution in [0.4, 0.5) is 0 Å². The molecule has 19 heavy (non-hydrogen) atoms. The molecule has 1 atom stereocenters. The smallest absolute Gasteiger partial charge is 0.0994 e. The van der Waals surface area contributed by atoms with Gasteiger partial charge in [0.15, 0.2) is 0 Å². The Hall–Kier alpha value is 0.270. The summed E-state index contributed by atoms with van der Waals surface area (Å²) < 4.78 is 1.40. The summed E-state index contributed by atoms with van der Waals surface area (Å²) in [6, 6.07) is 4.15. The van der Waals surface area contributed by atoms with Crippen molar-refractivity contribution in [2.45, 2.75) is 37.5 Å². The van der Waals surface area contributed by atoms with Crippen molar-refractivity contribution in [1.82, 2.24) is 0 Å². The van der Waals surface area contributed by atoms with Gasteiger partial charge in [0.05, 0.1) is 14.0 Å². The zero-order valence-electron chi connectivity index (χ0n) is 10.2. The fraction of sp³-hybridized carbons (Fsp3) is 0.429. The van der Waals surface area contributed by atoms with Crippen LogP contribution in [0, 0.1) is 0 Å². The van der Waals surface area contributed by atoms with Gasteiger partial charge in [-0.05, 0) is 43.4 Å². The van der Waals surface area contributed by atoms with Crippen LogP contribution >= 0.6 is 57.5 Å². The topological polar surface area (TPSA) is 0 Å². The van der Waals surface area contributed by atoms with Gasteiger partial charge >= 0.3 is 0 Å². The average molecular weight is 352 g/mol. The highest BCUT2D eigenvalue weighted by atomic mass is 35.5. The molecule has 1 aliphatic carbocycles. The fourth-order valence-corrected chi connectivity index (χ4v) is 5.77. The molecule has 0 bridgehead atoms. The molecule has 0 nitrogen and oxygen atoms in total. The first-order chi connectivity index (χ1) is 9.15. The molecule has 1 unspecified atom stereocenters. The molecule has 0 N–H and O–H groups in total. The number of halogens is 3. The molecule has 3 rings (SSSR count). The van der Waals surface area contributed by atoms with Crippen LogP contribution in [-0.4, -0.2) is 0 Å². The fourth-order valence-electron chi connectivity index (χ4n) is 2.49. The summed E-state index contributed by atoms with van der Waals surface area (Å²) in [7, 11) is 0. The molecule has 0 spiro atoms. The summed E-state index contributed by atoms with van der Waals surface area (Å²) >= 11 is 22.0. The maximum atomic E-state index is 6.58. The van der Waals surface area contributed by atoms with Crippen molar-refractivity contribution in [3.63, 3.8) is 0 Å². The lowest BCUT2D eigenvalue weighted by molar-refractivity contribution is 0.712. The minimum Gasteiger partial charge on any atom is -0.143 e. The zero-order chi connectivity index (χ0) is 13.4. The normalized spacial score (nSPS) is 17.0. The number of aryl methyl sites for hydroxylation is 2. The van der Waals surface area contributed by atoms with Crippen molar-refractivity contribution in [3.05, 3.63) is 41.7 Å².